The molecule has 0 fully saturated rings. The number of aryl methyl sites for hydroxylation is 1. The highest BCUT2D eigenvalue weighted by Gasteiger charge is 2.06. The van der Waals surface area contributed by atoms with E-state index in [-0.39, 0.29) is 0 Å². The Labute approximate surface area is 125 Å². The lowest BCUT2D eigenvalue weighted by atomic mass is 10.1. The maximum Gasteiger partial charge on any atom is 0.124 e. The van der Waals surface area contributed by atoms with Gasteiger partial charge in [-0.1, -0.05) is 54.4 Å². The van der Waals surface area contributed by atoms with Crippen molar-refractivity contribution in [2.24, 2.45) is 0 Å². The van der Waals surface area contributed by atoms with Gasteiger partial charge in [0.1, 0.15) is 12.4 Å². The summed E-state index contributed by atoms with van der Waals surface area (Å²) in [5.74, 6) is 0.913. The van der Waals surface area contributed by atoms with Crippen molar-refractivity contribution in [3.8, 4) is 5.75 Å². The zero-order chi connectivity index (χ0) is 14.4. The predicted molar refractivity (Wildman–Crippen MR) is 84.3 cm³/mol. The van der Waals surface area contributed by atoms with Crippen molar-refractivity contribution in [2.75, 3.05) is 6.54 Å². The lowest BCUT2D eigenvalue weighted by Gasteiger charge is -2.13. The number of nitrogens with one attached hydrogen (secondary N) is 1. The van der Waals surface area contributed by atoms with Crippen LogP contribution in [0.5, 0.6) is 5.75 Å². The van der Waals surface area contributed by atoms with Crippen molar-refractivity contribution in [3.63, 3.8) is 0 Å². The summed E-state index contributed by atoms with van der Waals surface area (Å²) in [4.78, 5) is 0. The minimum atomic E-state index is 0.488. The quantitative estimate of drug-likeness (QED) is 0.854. The lowest BCUT2D eigenvalue weighted by Crippen LogP contribution is -2.13. The Morgan fingerprint density at radius 2 is 1.90 bits per heavy atom. The van der Waals surface area contributed by atoms with Gasteiger partial charge in [0.25, 0.3) is 0 Å². The molecule has 0 radical (unpaired) electrons. The van der Waals surface area contributed by atoms with Gasteiger partial charge in [0.2, 0.25) is 0 Å². The SMILES string of the molecule is CCNCc1cc(C)ccc1OCc1ccccc1Cl. The number of ether oxygens (including phenoxy) is 1. The second-order valence-electron chi connectivity index (χ2n) is 4.77. The summed E-state index contributed by atoms with van der Waals surface area (Å²) in [6.07, 6.45) is 0. The molecule has 0 saturated heterocycles. The maximum absolute atomic E-state index is 6.15. The van der Waals surface area contributed by atoms with Crippen molar-refractivity contribution in [2.45, 2.75) is 27.0 Å². The second kappa shape index (κ2) is 7.32. The van der Waals surface area contributed by atoms with Crippen molar-refractivity contribution in [1.29, 1.82) is 0 Å². The molecular weight excluding hydrogens is 270 g/mol. The molecule has 0 aliphatic carbocycles. The Kier molecular flexibility index (Phi) is 5.45. The van der Waals surface area contributed by atoms with E-state index < -0.39 is 0 Å². The molecule has 0 bridgehead atoms. The highest BCUT2D eigenvalue weighted by Crippen LogP contribution is 2.23. The van der Waals surface area contributed by atoms with Gasteiger partial charge in [-0.15, -0.1) is 0 Å². The van der Waals surface area contributed by atoms with E-state index in [0.29, 0.717) is 6.61 Å². The first-order valence-corrected chi connectivity index (χ1v) is 7.25. The van der Waals surface area contributed by atoms with E-state index in [9.17, 15) is 0 Å². The normalized spacial score (nSPS) is 10.6. The Balaban J connectivity index is 2.10. The Bertz CT molecular complexity index is 569. The van der Waals surface area contributed by atoms with Crippen LogP contribution in [0.2, 0.25) is 5.02 Å². The van der Waals surface area contributed by atoms with Crippen LogP contribution in [0.3, 0.4) is 0 Å². The third-order valence-corrected chi connectivity index (χ3v) is 3.49. The van der Waals surface area contributed by atoms with E-state index >= 15 is 0 Å². The largest absolute Gasteiger partial charge is 0.489 e. The first-order chi connectivity index (χ1) is 9.70. The standard InChI is InChI=1S/C17H20ClNO/c1-3-19-11-15-10-13(2)8-9-17(15)20-12-14-6-4-5-7-16(14)18/h4-10,19H,3,11-12H2,1-2H3. The fourth-order valence-electron chi connectivity index (χ4n) is 2.02. The molecule has 0 amide bonds. The molecule has 0 heterocycles. The average Bonchev–Trinajstić information content (AvgIpc) is 2.45. The summed E-state index contributed by atoms with van der Waals surface area (Å²) in [5, 5.41) is 4.08. The zero-order valence-corrected chi connectivity index (χ0v) is 12.7. The molecule has 106 valence electrons. The maximum atomic E-state index is 6.15. The molecule has 0 aliphatic rings. The van der Waals surface area contributed by atoms with Crippen LogP contribution in [0.4, 0.5) is 0 Å². The van der Waals surface area contributed by atoms with Crippen LogP contribution in [-0.2, 0) is 13.2 Å². The van der Waals surface area contributed by atoms with Gasteiger partial charge in [-0.05, 0) is 25.6 Å². The minimum absolute atomic E-state index is 0.488. The van der Waals surface area contributed by atoms with Crippen molar-refractivity contribution in [3.05, 3.63) is 64.2 Å². The molecule has 1 N–H and O–H groups in total. The van der Waals surface area contributed by atoms with Crippen molar-refractivity contribution >= 4 is 11.6 Å². The number of benzene rings is 2. The van der Waals surface area contributed by atoms with Crippen LogP contribution in [0.1, 0.15) is 23.6 Å². The van der Waals surface area contributed by atoms with Crippen LogP contribution < -0.4 is 10.1 Å². The van der Waals surface area contributed by atoms with Crippen LogP contribution in [0, 0.1) is 6.92 Å². The third-order valence-electron chi connectivity index (χ3n) is 3.12. The molecule has 0 saturated carbocycles. The van der Waals surface area contributed by atoms with E-state index in [2.05, 4.69) is 31.3 Å². The van der Waals surface area contributed by atoms with Crippen molar-refractivity contribution in [1.82, 2.24) is 5.32 Å². The summed E-state index contributed by atoms with van der Waals surface area (Å²) in [7, 11) is 0. The van der Waals surface area contributed by atoms with Gasteiger partial charge in [-0.2, -0.15) is 0 Å². The summed E-state index contributed by atoms with van der Waals surface area (Å²) < 4.78 is 5.93. The zero-order valence-electron chi connectivity index (χ0n) is 11.9. The molecule has 0 aromatic heterocycles. The average molecular weight is 290 g/mol. The molecule has 2 nitrogen and oxygen atoms in total. The van der Waals surface area contributed by atoms with Crippen LogP contribution in [0.25, 0.3) is 0 Å². The predicted octanol–water partition coefficient (Wildman–Crippen LogP) is 4.34. The highest BCUT2D eigenvalue weighted by molar-refractivity contribution is 6.31. The summed E-state index contributed by atoms with van der Waals surface area (Å²) in [6.45, 7) is 6.43. The van der Waals surface area contributed by atoms with Gasteiger partial charge in [0.05, 0.1) is 0 Å². The Morgan fingerprint density at radius 3 is 2.65 bits per heavy atom. The number of halogens is 1. The Morgan fingerprint density at radius 1 is 1.10 bits per heavy atom. The van der Waals surface area contributed by atoms with E-state index in [1.807, 2.05) is 30.3 Å². The third kappa shape index (κ3) is 3.99. The molecule has 2 aromatic rings. The highest BCUT2D eigenvalue weighted by atomic mass is 35.5. The monoisotopic (exact) mass is 289 g/mol. The van der Waals surface area contributed by atoms with E-state index in [1.165, 1.54) is 11.1 Å². The first kappa shape index (κ1) is 14.9. The summed E-state index contributed by atoms with van der Waals surface area (Å²) in [6, 6.07) is 14.0. The fraction of sp³-hybridized carbons (Fsp3) is 0.294. The molecule has 3 heteroatoms. The molecule has 0 aliphatic heterocycles. The van der Waals surface area contributed by atoms with Crippen LogP contribution >= 0.6 is 11.6 Å². The number of hydrogen-bond acceptors (Lipinski definition) is 2. The number of rotatable bonds is 6. The summed E-state index contributed by atoms with van der Waals surface area (Å²) >= 11 is 6.15. The van der Waals surface area contributed by atoms with Crippen LogP contribution in [-0.4, -0.2) is 6.54 Å². The topological polar surface area (TPSA) is 21.3 Å². The molecule has 0 spiro atoms. The minimum Gasteiger partial charge on any atom is -0.489 e. The molecule has 0 atom stereocenters. The van der Waals surface area contributed by atoms with Gasteiger partial charge in [-0.25, -0.2) is 0 Å². The molecule has 2 rings (SSSR count). The van der Waals surface area contributed by atoms with Gasteiger partial charge < -0.3 is 10.1 Å². The van der Waals surface area contributed by atoms with Crippen molar-refractivity contribution < 1.29 is 4.74 Å². The van der Waals surface area contributed by atoms with Crippen LogP contribution in [0.15, 0.2) is 42.5 Å². The number of hydrogen-bond donors (Lipinski definition) is 1. The molecule has 2 aromatic carbocycles. The van der Waals surface area contributed by atoms with Gasteiger partial charge in [0.15, 0.2) is 0 Å². The smallest absolute Gasteiger partial charge is 0.124 e. The molecular formula is C17H20ClNO. The second-order valence-corrected chi connectivity index (χ2v) is 5.18. The lowest BCUT2D eigenvalue weighted by molar-refractivity contribution is 0.302. The van der Waals surface area contributed by atoms with Gasteiger partial charge in [0, 0.05) is 22.7 Å². The first-order valence-electron chi connectivity index (χ1n) is 6.87. The van der Waals surface area contributed by atoms with E-state index in [0.717, 1.165) is 29.4 Å². The fourth-order valence-corrected chi connectivity index (χ4v) is 2.21. The van der Waals surface area contributed by atoms with Gasteiger partial charge >= 0.3 is 0 Å². The molecule has 0 unspecified atom stereocenters. The Hall–Kier alpha value is -1.51. The molecule has 20 heavy (non-hydrogen) atoms. The summed E-state index contributed by atoms with van der Waals surface area (Å²) in [5.41, 5.74) is 3.42. The van der Waals surface area contributed by atoms with Gasteiger partial charge in [-0.3, -0.25) is 0 Å². The van der Waals surface area contributed by atoms with E-state index in [4.69, 9.17) is 16.3 Å². The van der Waals surface area contributed by atoms with E-state index in [1.54, 1.807) is 0 Å².